The van der Waals surface area contributed by atoms with Crippen molar-refractivity contribution >= 4 is 11.8 Å². The second kappa shape index (κ2) is 6.48. The Morgan fingerprint density at radius 1 is 1.06 bits per heavy atom. The number of nitrogens with zero attached hydrogens (tertiary/aromatic N) is 2. The molecule has 0 atom stereocenters. The molecule has 1 aliphatic heterocycles. The van der Waals surface area contributed by atoms with Crippen LogP contribution < -0.4 is 0 Å². The van der Waals surface area contributed by atoms with Crippen LogP contribution >= 0.6 is 0 Å². The molecule has 0 aromatic heterocycles. The van der Waals surface area contributed by atoms with Crippen LogP contribution in [-0.2, 0) is 14.3 Å². The number of methoxy groups -OCH3 is 1. The van der Waals surface area contributed by atoms with Gasteiger partial charge in [0.25, 0.3) is 0 Å². The predicted octanol–water partition coefficient (Wildman–Crippen LogP) is 0.104. The smallest absolute Gasteiger partial charge is 0.248 e. The molecule has 1 rings (SSSR count). The van der Waals surface area contributed by atoms with Gasteiger partial charge in [-0.25, -0.2) is 0 Å². The fourth-order valence-electron chi connectivity index (χ4n) is 1.85. The molecular weight excluding hydrogens is 208 g/mol. The first-order valence-corrected chi connectivity index (χ1v) is 5.73. The van der Waals surface area contributed by atoms with E-state index in [1.165, 1.54) is 7.11 Å². The van der Waals surface area contributed by atoms with Gasteiger partial charge >= 0.3 is 0 Å². The van der Waals surface area contributed by atoms with Crippen molar-refractivity contribution in [1.29, 1.82) is 0 Å². The lowest BCUT2D eigenvalue weighted by molar-refractivity contribution is -0.136. The summed E-state index contributed by atoms with van der Waals surface area (Å²) in [4.78, 5) is 26.7. The maximum absolute atomic E-state index is 11.6. The van der Waals surface area contributed by atoms with Gasteiger partial charge in [-0.2, -0.15) is 0 Å². The van der Waals surface area contributed by atoms with Crippen molar-refractivity contribution in [2.75, 3.05) is 39.9 Å². The molecule has 16 heavy (non-hydrogen) atoms. The molecule has 0 spiro atoms. The Bertz CT molecular complexity index is 256. The summed E-state index contributed by atoms with van der Waals surface area (Å²) in [6.07, 6.45) is 1.38. The molecule has 2 amide bonds. The average Bonchev–Trinajstić information content (AvgIpc) is 2.53. The van der Waals surface area contributed by atoms with E-state index in [9.17, 15) is 9.59 Å². The van der Waals surface area contributed by atoms with Crippen LogP contribution in [0.25, 0.3) is 0 Å². The summed E-state index contributed by atoms with van der Waals surface area (Å²) >= 11 is 0. The zero-order valence-corrected chi connectivity index (χ0v) is 10.1. The van der Waals surface area contributed by atoms with Crippen molar-refractivity contribution < 1.29 is 14.3 Å². The summed E-state index contributed by atoms with van der Waals surface area (Å²) in [7, 11) is 1.52. The SMILES string of the molecule is CCC(=O)N1CCCN(C(=O)COC)CC1. The third kappa shape index (κ3) is 3.48. The normalized spacial score (nSPS) is 17.1. The largest absolute Gasteiger partial charge is 0.375 e. The van der Waals surface area contributed by atoms with Crippen LogP contribution in [0.1, 0.15) is 19.8 Å². The van der Waals surface area contributed by atoms with Crippen molar-refractivity contribution in [1.82, 2.24) is 9.80 Å². The van der Waals surface area contributed by atoms with Crippen LogP contribution in [0.4, 0.5) is 0 Å². The molecule has 1 aliphatic rings. The number of hydrogen-bond acceptors (Lipinski definition) is 3. The average molecular weight is 228 g/mol. The fraction of sp³-hybridized carbons (Fsp3) is 0.818. The van der Waals surface area contributed by atoms with Crippen molar-refractivity contribution in [3.8, 4) is 0 Å². The van der Waals surface area contributed by atoms with Crippen LogP contribution in [0.15, 0.2) is 0 Å². The first-order valence-electron chi connectivity index (χ1n) is 5.73. The highest BCUT2D eigenvalue weighted by Crippen LogP contribution is 2.05. The Hall–Kier alpha value is -1.10. The molecule has 0 bridgehead atoms. The summed E-state index contributed by atoms with van der Waals surface area (Å²) < 4.78 is 4.82. The number of carbonyl (C=O) groups excluding carboxylic acids is 2. The third-order valence-corrected chi connectivity index (χ3v) is 2.77. The van der Waals surface area contributed by atoms with Gasteiger partial charge in [-0.3, -0.25) is 9.59 Å². The zero-order valence-electron chi connectivity index (χ0n) is 10.1. The van der Waals surface area contributed by atoms with Crippen molar-refractivity contribution in [2.24, 2.45) is 0 Å². The van der Waals surface area contributed by atoms with Crippen LogP contribution in [0.5, 0.6) is 0 Å². The monoisotopic (exact) mass is 228 g/mol. The van der Waals surface area contributed by atoms with Crippen molar-refractivity contribution in [2.45, 2.75) is 19.8 Å². The first kappa shape index (κ1) is 13.0. The van der Waals surface area contributed by atoms with Gasteiger partial charge in [-0.05, 0) is 6.42 Å². The molecule has 1 fully saturated rings. The lowest BCUT2D eigenvalue weighted by Gasteiger charge is -2.21. The van der Waals surface area contributed by atoms with E-state index in [0.29, 0.717) is 19.5 Å². The van der Waals surface area contributed by atoms with E-state index in [1.54, 1.807) is 4.90 Å². The maximum Gasteiger partial charge on any atom is 0.248 e. The minimum atomic E-state index is 0.00768. The number of ether oxygens (including phenoxy) is 1. The first-order chi connectivity index (χ1) is 7.69. The van der Waals surface area contributed by atoms with Gasteiger partial charge in [0.05, 0.1) is 0 Å². The summed E-state index contributed by atoms with van der Waals surface area (Å²) in [5.41, 5.74) is 0. The Labute approximate surface area is 96.3 Å². The third-order valence-electron chi connectivity index (χ3n) is 2.77. The second-order valence-electron chi connectivity index (χ2n) is 3.90. The Kier molecular flexibility index (Phi) is 5.25. The zero-order chi connectivity index (χ0) is 12.0. The molecule has 0 N–H and O–H groups in total. The van der Waals surface area contributed by atoms with Gasteiger partial charge in [0, 0.05) is 39.7 Å². The quantitative estimate of drug-likeness (QED) is 0.688. The van der Waals surface area contributed by atoms with Gasteiger partial charge in [0.15, 0.2) is 0 Å². The molecule has 92 valence electrons. The van der Waals surface area contributed by atoms with Crippen LogP contribution in [0.3, 0.4) is 0 Å². The van der Waals surface area contributed by atoms with Gasteiger partial charge in [0.2, 0.25) is 11.8 Å². The van der Waals surface area contributed by atoms with E-state index in [4.69, 9.17) is 4.74 Å². The van der Waals surface area contributed by atoms with E-state index < -0.39 is 0 Å². The summed E-state index contributed by atoms with van der Waals surface area (Å²) in [6, 6.07) is 0. The van der Waals surface area contributed by atoms with E-state index in [0.717, 1.165) is 19.5 Å². The summed E-state index contributed by atoms with van der Waals surface area (Å²) in [5, 5.41) is 0. The highest BCUT2D eigenvalue weighted by molar-refractivity contribution is 5.78. The molecular formula is C11H20N2O3. The Morgan fingerprint density at radius 3 is 2.12 bits per heavy atom. The van der Waals surface area contributed by atoms with Gasteiger partial charge in [-0.15, -0.1) is 0 Å². The highest BCUT2D eigenvalue weighted by atomic mass is 16.5. The molecule has 1 heterocycles. The predicted molar refractivity (Wildman–Crippen MR) is 59.9 cm³/mol. The molecule has 5 nitrogen and oxygen atoms in total. The summed E-state index contributed by atoms with van der Waals surface area (Å²) in [6.45, 7) is 4.72. The van der Waals surface area contributed by atoms with Crippen LogP contribution in [0.2, 0.25) is 0 Å². The minimum absolute atomic E-state index is 0.00768. The maximum atomic E-state index is 11.6. The molecule has 1 saturated heterocycles. The molecule has 0 radical (unpaired) electrons. The van der Waals surface area contributed by atoms with Crippen LogP contribution in [-0.4, -0.2) is 61.5 Å². The molecule has 0 saturated carbocycles. The number of amides is 2. The summed E-state index contributed by atoms with van der Waals surface area (Å²) in [5.74, 6) is 0.175. The number of rotatable bonds is 3. The van der Waals surface area contributed by atoms with E-state index in [2.05, 4.69) is 0 Å². The molecule has 5 heteroatoms. The topological polar surface area (TPSA) is 49.9 Å². The lowest BCUT2D eigenvalue weighted by atomic mass is 10.3. The molecule has 0 aliphatic carbocycles. The Morgan fingerprint density at radius 2 is 1.62 bits per heavy atom. The highest BCUT2D eigenvalue weighted by Gasteiger charge is 2.20. The molecule has 0 aromatic carbocycles. The second-order valence-corrected chi connectivity index (χ2v) is 3.90. The van der Waals surface area contributed by atoms with E-state index >= 15 is 0 Å². The number of hydrogen-bond donors (Lipinski definition) is 0. The van der Waals surface area contributed by atoms with Gasteiger partial charge in [-0.1, -0.05) is 6.92 Å². The molecule has 0 aromatic rings. The van der Waals surface area contributed by atoms with E-state index in [-0.39, 0.29) is 18.4 Å². The standard InChI is InChI=1S/C11H20N2O3/c1-3-10(14)12-5-4-6-13(8-7-12)11(15)9-16-2/h3-9H2,1-2H3. The van der Waals surface area contributed by atoms with Gasteiger partial charge < -0.3 is 14.5 Å². The van der Waals surface area contributed by atoms with Crippen molar-refractivity contribution in [3.63, 3.8) is 0 Å². The fourth-order valence-corrected chi connectivity index (χ4v) is 1.85. The molecule has 0 unspecified atom stereocenters. The lowest BCUT2D eigenvalue weighted by Crippen LogP contribution is -2.38. The van der Waals surface area contributed by atoms with Crippen molar-refractivity contribution in [3.05, 3.63) is 0 Å². The van der Waals surface area contributed by atoms with Gasteiger partial charge in [0.1, 0.15) is 6.61 Å². The number of carbonyl (C=O) groups is 2. The minimum Gasteiger partial charge on any atom is -0.375 e. The Balaban J connectivity index is 2.46. The van der Waals surface area contributed by atoms with E-state index in [1.807, 2.05) is 11.8 Å². The van der Waals surface area contributed by atoms with Crippen LogP contribution in [0, 0.1) is 0 Å².